The molecule has 32 heavy (non-hydrogen) atoms. The van der Waals surface area contributed by atoms with Gasteiger partial charge in [-0.2, -0.15) is 0 Å². The molecule has 0 spiro atoms. The molecule has 2 amide bonds. The fourth-order valence-corrected chi connectivity index (χ4v) is 4.97. The molecule has 1 aliphatic heterocycles. The number of ether oxygens (including phenoxy) is 1. The minimum absolute atomic E-state index is 0.0891. The highest BCUT2D eigenvalue weighted by molar-refractivity contribution is 8.00. The van der Waals surface area contributed by atoms with E-state index in [0.717, 1.165) is 16.8 Å². The predicted molar refractivity (Wildman–Crippen MR) is 131 cm³/mol. The molecule has 3 aromatic carbocycles. The van der Waals surface area contributed by atoms with E-state index < -0.39 is 0 Å². The van der Waals surface area contributed by atoms with Crippen LogP contribution in [-0.2, 0) is 4.79 Å². The molecule has 1 heterocycles. The Labute approximate surface area is 192 Å². The summed E-state index contributed by atoms with van der Waals surface area (Å²) in [4.78, 5) is 27.2. The van der Waals surface area contributed by atoms with Gasteiger partial charge in [-0.15, -0.1) is 11.8 Å². The van der Waals surface area contributed by atoms with Crippen molar-refractivity contribution in [1.82, 2.24) is 0 Å². The molecule has 0 aliphatic carbocycles. The summed E-state index contributed by atoms with van der Waals surface area (Å²) in [7, 11) is 1.59. The Bertz CT molecular complexity index is 1110. The van der Waals surface area contributed by atoms with Gasteiger partial charge in [0.2, 0.25) is 5.91 Å². The summed E-state index contributed by atoms with van der Waals surface area (Å²) in [6, 6.07) is 22.8. The Balaban J connectivity index is 1.53. The summed E-state index contributed by atoms with van der Waals surface area (Å²) in [6.07, 6.45) is 0. The highest BCUT2D eigenvalue weighted by atomic mass is 32.2. The van der Waals surface area contributed by atoms with Crippen molar-refractivity contribution in [2.75, 3.05) is 23.1 Å². The summed E-state index contributed by atoms with van der Waals surface area (Å²) in [5, 5.41) is 2.83. The van der Waals surface area contributed by atoms with Crippen molar-refractivity contribution in [3.63, 3.8) is 0 Å². The fraction of sp³-hybridized carbons (Fsp3) is 0.231. The van der Waals surface area contributed by atoms with E-state index in [-0.39, 0.29) is 17.2 Å². The molecule has 1 atom stereocenters. The molecule has 4 rings (SSSR count). The first kappa shape index (κ1) is 22.0. The topological polar surface area (TPSA) is 58.6 Å². The second-order valence-corrected chi connectivity index (χ2v) is 9.01. The van der Waals surface area contributed by atoms with Gasteiger partial charge in [-0.1, -0.05) is 44.2 Å². The number of carbonyl (C=O) groups excluding carboxylic acids is 2. The highest BCUT2D eigenvalue weighted by Crippen LogP contribution is 2.44. The van der Waals surface area contributed by atoms with E-state index in [1.165, 1.54) is 0 Å². The van der Waals surface area contributed by atoms with Crippen LogP contribution in [0.4, 0.5) is 11.4 Å². The van der Waals surface area contributed by atoms with Crippen molar-refractivity contribution in [2.24, 2.45) is 0 Å². The van der Waals surface area contributed by atoms with Crippen molar-refractivity contribution >= 4 is 35.0 Å². The molecule has 6 heteroatoms. The van der Waals surface area contributed by atoms with Gasteiger partial charge < -0.3 is 10.1 Å². The van der Waals surface area contributed by atoms with Crippen molar-refractivity contribution in [1.29, 1.82) is 0 Å². The van der Waals surface area contributed by atoms with Gasteiger partial charge in [0.25, 0.3) is 5.91 Å². The fourth-order valence-electron chi connectivity index (χ4n) is 3.80. The zero-order valence-corrected chi connectivity index (χ0v) is 19.2. The quantitative estimate of drug-likeness (QED) is 0.516. The molecule has 1 saturated heterocycles. The number of methoxy groups -OCH3 is 1. The Hall–Kier alpha value is -3.25. The summed E-state index contributed by atoms with van der Waals surface area (Å²) in [5.41, 5.74) is 4.43. The largest absolute Gasteiger partial charge is 0.497 e. The molecule has 0 unspecified atom stereocenters. The van der Waals surface area contributed by atoms with Gasteiger partial charge in [-0.05, 0) is 59.5 Å². The molecule has 0 aromatic heterocycles. The van der Waals surface area contributed by atoms with Crippen molar-refractivity contribution < 1.29 is 14.3 Å². The standard InChI is InChI=1S/C26H26N2O3S/c1-17(2)22-6-4-5-7-23(22)28-24(29)16-32-26(28)19-8-12-20(13-9-19)27-25(30)18-10-14-21(31-3)15-11-18/h4-15,17,26H,16H2,1-3H3,(H,27,30)/t26-/m0/s1. The summed E-state index contributed by atoms with van der Waals surface area (Å²) >= 11 is 1.62. The number of hydrogen-bond acceptors (Lipinski definition) is 4. The maximum atomic E-state index is 12.8. The van der Waals surface area contributed by atoms with E-state index in [9.17, 15) is 9.59 Å². The van der Waals surface area contributed by atoms with Crippen LogP contribution in [0.1, 0.15) is 46.6 Å². The van der Waals surface area contributed by atoms with E-state index in [1.807, 2.05) is 47.4 Å². The second kappa shape index (κ2) is 9.49. The summed E-state index contributed by atoms with van der Waals surface area (Å²) in [5.74, 6) is 1.41. The lowest BCUT2D eigenvalue weighted by Gasteiger charge is -2.27. The van der Waals surface area contributed by atoms with Crippen molar-refractivity contribution in [3.05, 3.63) is 89.5 Å². The third-order valence-electron chi connectivity index (χ3n) is 5.49. The van der Waals surface area contributed by atoms with E-state index in [0.29, 0.717) is 28.7 Å². The van der Waals surface area contributed by atoms with E-state index in [2.05, 4.69) is 25.2 Å². The number of nitrogens with zero attached hydrogens (tertiary/aromatic N) is 1. The third kappa shape index (κ3) is 4.50. The van der Waals surface area contributed by atoms with Gasteiger partial charge in [-0.25, -0.2) is 0 Å². The smallest absolute Gasteiger partial charge is 0.255 e. The molecule has 0 radical (unpaired) electrons. The lowest BCUT2D eigenvalue weighted by molar-refractivity contribution is -0.115. The molecular formula is C26H26N2O3S. The van der Waals surface area contributed by atoms with E-state index >= 15 is 0 Å². The number of amides is 2. The molecule has 1 N–H and O–H groups in total. The lowest BCUT2D eigenvalue weighted by Crippen LogP contribution is -2.29. The van der Waals surface area contributed by atoms with Crippen LogP contribution >= 0.6 is 11.8 Å². The Morgan fingerprint density at radius 2 is 1.72 bits per heavy atom. The maximum absolute atomic E-state index is 12.8. The Morgan fingerprint density at radius 3 is 2.38 bits per heavy atom. The van der Waals surface area contributed by atoms with Crippen LogP contribution in [0, 0.1) is 0 Å². The Morgan fingerprint density at radius 1 is 1.03 bits per heavy atom. The van der Waals surface area contributed by atoms with Gasteiger partial charge in [-0.3, -0.25) is 14.5 Å². The first-order valence-corrected chi connectivity index (χ1v) is 11.6. The first-order valence-electron chi connectivity index (χ1n) is 10.6. The van der Waals surface area contributed by atoms with Crippen LogP contribution in [0.15, 0.2) is 72.8 Å². The molecule has 3 aromatic rings. The van der Waals surface area contributed by atoms with Gasteiger partial charge in [0.15, 0.2) is 0 Å². The van der Waals surface area contributed by atoms with Gasteiger partial charge in [0.05, 0.1) is 12.9 Å². The number of hydrogen-bond donors (Lipinski definition) is 1. The highest BCUT2D eigenvalue weighted by Gasteiger charge is 2.35. The molecular weight excluding hydrogens is 420 g/mol. The number of rotatable bonds is 6. The number of nitrogens with one attached hydrogen (secondary N) is 1. The third-order valence-corrected chi connectivity index (χ3v) is 6.70. The first-order chi connectivity index (χ1) is 15.5. The molecule has 1 aliphatic rings. The number of carbonyl (C=O) groups is 2. The Kier molecular flexibility index (Phi) is 6.51. The summed E-state index contributed by atoms with van der Waals surface area (Å²) < 4.78 is 5.14. The molecule has 5 nitrogen and oxygen atoms in total. The van der Waals surface area contributed by atoms with E-state index in [4.69, 9.17) is 4.74 Å². The van der Waals surface area contributed by atoms with Crippen LogP contribution in [0.5, 0.6) is 5.75 Å². The minimum Gasteiger partial charge on any atom is -0.497 e. The van der Waals surface area contributed by atoms with Crippen LogP contribution in [0.2, 0.25) is 0 Å². The van der Waals surface area contributed by atoms with Gasteiger partial charge >= 0.3 is 0 Å². The number of benzene rings is 3. The lowest BCUT2D eigenvalue weighted by atomic mass is 10.00. The number of para-hydroxylation sites is 1. The normalized spacial score (nSPS) is 15.8. The molecule has 0 saturated carbocycles. The van der Waals surface area contributed by atoms with Crippen LogP contribution in [0.3, 0.4) is 0 Å². The zero-order valence-electron chi connectivity index (χ0n) is 18.4. The van der Waals surface area contributed by atoms with Crippen LogP contribution in [-0.4, -0.2) is 24.7 Å². The SMILES string of the molecule is COc1ccc(C(=O)Nc2ccc([C@@H]3SCC(=O)N3c3ccccc3C(C)C)cc2)cc1. The van der Waals surface area contributed by atoms with Crippen molar-refractivity contribution in [3.8, 4) is 5.75 Å². The van der Waals surface area contributed by atoms with Crippen LogP contribution in [0.25, 0.3) is 0 Å². The predicted octanol–water partition coefficient (Wildman–Crippen LogP) is 5.85. The average molecular weight is 447 g/mol. The monoisotopic (exact) mass is 446 g/mol. The van der Waals surface area contributed by atoms with Crippen molar-refractivity contribution in [2.45, 2.75) is 25.1 Å². The summed E-state index contributed by atoms with van der Waals surface area (Å²) in [6.45, 7) is 4.28. The number of thioether (sulfide) groups is 1. The second-order valence-electron chi connectivity index (χ2n) is 7.95. The average Bonchev–Trinajstić information content (AvgIpc) is 3.20. The molecule has 0 bridgehead atoms. The maximum Gasteiger partial charge on any atom is 0.255 e. The van der Waals surface area contributed by atoms with Gasteiger partial charge in [0, 0.05) is 16.9 Å². The molecule has 164 valence electrons. The minimum atomic E-state index is -0.182. The number of anilines is 2. The van der Waals surface area contributed by atoms with E-state index in [1.54, 1.807) is 43.1 Å². The van der Waals surface area contributed by atoms with Crippen LogP contribution < -0.4 is 15.0 Å². The molecule has 1 fully saturated rings. The van der Waals surface area contributed by atoms with Gasteiger partial charge in [0.1, 0.15) is 11.1 Å². The zero-order chi connectivity index (χ0) is 22.7.